The average Bonchev–Trinajstić information content (AvgIpc) is 3.19. The predicted octanol–water partition coefficient (Wildman–Crippen LogP) is 8.92. The Hall–Kier alpha value is -1.32. The highest BCUT2D eigenvalue weighted by Crippen LogP contribution is 2.67. The first-order valence-corrected chi connectivity index (χ1v) is 16.3. The van der Waals surface area contributed by atoms with Gasteiger partial charge >= 0.3 is 11.9 Å². The zero-order valence-corrected chi connectivity index (χ0v) is 26.6. The number of carbonyl (C=O) groups excluding carboxylic acids is 2. The summed E-state index contributed by atoms with van der Waals surface area (Å²) in [5.41, 5.74) is 1.64. The van der Waals surface area contributed by atoms with Crippen molar-refractivity contribution in [2.75, 3.05) is 0 Å². The van der Waals surface area contributed by atoms with Crippen LogP contribution in [0.15, 0.2) is 11.6 Å². The second kappa shape index (κ2) is 11.5. The van der Waals surface area contributed by atoms with Crippen LogP contribution < -0.4 is 0 Å². The smallest absolute Gasteiger partial charge is 0.320 e. The Kier molecular flexibility index (Phi) is 9.05. The molecule has 0 heterocycles. The fraction of sp³-hybridized carbons (Fsp3) is 0.886. The summed E-state index contributed by atoms with van der Waals surface area (Å²) in [4.78, 5) is 25.2. The average molecular weight is 543 g/mol. The molecule has 4 aliphatic rings. The van der Waals surface area contributed by atoms with Gasteiger partial charge in [-0.25, -0.2) is 0 Å². The molecular formula is C35H58O4. The summed E-state index contributed by atoms with van der Waals surface area (Å²) < 4.78 is 11.3. The number of hydrogen-bond donors (Lipinski definition) is 0. The lowest BCUT2D eigenvalue weighted by atomic mass is 9.47. The van der Waals surface area contributed by atoms with Gasteiger partial charge in [-0.05, 0) is 119 Å². The highest BCUT2D eigenvalue weighted by Gasteiger charge is 2.59. The topological polar surface area (TPSA) is 52.6 Å². The number of esters is 2. The highest BCUT2D eigenvalue weighted by atomic mass is 16.6. The van der Waals surface area contributed by atoms with E-state index in [1.54, 1.807) is 6.92 Å². The van der Waals surface area contributed by atoms with E-state index in [1.165, 1.54) is 56.9 Å². The molecule has 4 nitrogen and oxygen atoms in total. The maximum absolute atomic E-state index is 12.8. The van der Waals surface area contributed by atoms with E-state index in [1.807, 2.05) is 20.8 Å². The van der Waals surface area contributed by atoms with Gasteiger partial charge in [0.2, 0.25) is 0 Å². The second-order valence-corrected chi connectivity index (χ2v) is 15.8. The summed E-state index contributed by atoms with van der Waals surface area (Å²) in [5, 5.41) is 0. The van der Waals surface area contributed by atoms with Crippen LogP contribution in [0.5, 0.6) is 0 Å². The molecule has 0 aromatic heterocycles. The number of allylic oxidation sites excluding steroid dienone is 1. The van der Waals surface area contributed by atoms with E-state index in [-0.39, 0.29) is 11.5 Å². The third kappa shape index (κ3) is 6.30. The van der Waals surface area contributed by atoms with Crippen LogP contribution in [-0.4, -0.2) is 23.6 Å². The number of ether oxygens (including phenoxy) is 2. The molecule has 0 aromatic rings. The molecular weight excluding hydrogens is 484 g/mol. The van der Waals surface area contributed by atoms with E-state index in [2.05, 4.69) is 40.7 Å². The molecule has 3 fully saturated rings. The molecule has 4 aliphatic carbocycles. The molecule has 222 valence electrons. The SMILES string of the molecule is CC(C)CCC[C@@H](C)[C@H]1CC[C@H]2[C@@H]3CC=C4C[C@@H](OC(=O)C(C)C(=O)OC(C)(C)C)CC[C@]4(C)[C@H]3CC[C@]12C. The number of hydrogen-bond acceptors (Lipinski definition) is 4. The Bertz CT molecular complexity index is 927. The van der Waals surface area contributed by atoms with Gasteiger partial charge in [0.15, 0.2) is 5.92 Å². The van der Waals surface area contributed by atoms with Crippen molar-refractivity contribution in [3.63, 3.8) is 0 Å². The fourth-order valence-electron chi connectivity index (χ4n) is 9.51. The molecule has 0 saturated heterocycles. The van der Waals surface area contributed by atoms with Crippen molar-refractivity contribution < 1.29 is 19.1 Å². The van der Waals surface area contributed by atoms with Crippen molar-refractivity contribution in [3.8, 4) is 0 Å². The lowest BCUT2D eigenvalue weighted by molar-refractivity contribution is -0.171. The van der Waals surface area contributed by atoms with Crippen molar-refractivity contribution in [1.29, 1.82) is 0 Å². The van der Waals surface area contributed by atoms with Crippen molar-refractivity contribution in [1.82, 2.24) is 0 Å². The number of fused-ring (bicyclic) bond motifs is 5. The predicted molar refractivity (Wildman–Crippen MR) is 158 cm³/mol. The van der Waals surface area contributed by atoms with Crippen LogP contribution in [0.2, 0.25) is 0 Å². The first-order valence-electron chi connectivity index (χ1n) is 16.3. The summed E-state index contributed by atoms with van der Waals surface area (Å²) in [6.07, 6.45) is 16.1. The normalized spacial score (nSPS) is 37.7. The second-order valence-electron chi connectivity index (χ2n) is 15.8. The molecule has 0 aromatic carbocycles. The lowest BCUT2D eigenvalue weighted by Gasteiger charge is -2.58. The summed E-state index contributed by atoms with van der Waals surface area (Å²) in [7, 11) is 0. The standard InChI is InChI=1S/C35H58O4/c1-22(2)11-10-12-23(3)28-15-16-29-27-14-13-25-21-26(38-31(36)24(4)32(37)39-33(5,6)7)17-19-34(25,8)30(27)18-20-35(28,29)9/h13,22-24,26-30H,10-12,14-21H2,1-9H3/t23-,24?,26+,27+,28-,29+,30+,34+,35-/m1/s1. The van der Waals surface area contributed by atoms with E-state index in [9.17, 15) is 9.59 Å². The summed E-state index contributed by atoms with van der Waals surface area (Å²) >= 11 is 0. The van der Waals surface area contributed by atoms with Crippen LogP contribution in [0.3, 0.4) is 0 Å². The third-order valence-electron chi connectivity index (χ3n) is 11.7. The van der Waals surface area contributed by atoms with Crippen molar-refractivity contribution >= 4 is 11.9 Å². The monoisotopic (exact) mass is 542 g/mol. The van der Waals surface area contributed by atoms with Crippen molar-refractivity contribution in [2.45, 2.75) is 145 Å². The quantitative estimate of drug-likeness (QED) is 0.174. The Morgan fingerprint density at radius 1 is 0.949 bits per heavy atom. The molecule has 0 aliphatic heterocycles. The molecule has 0 radical (unpaired) electrons. The molecule has 4 heteroatoms. The molecule has 3 saturated carbocycles. The molecule has 0 N–H and O–H groups in total. The minimum absolute atomic E-state index is 0.130. The zero-order valence-electron chi connectivity index (χ0n) is 26.6. The van der Waals surface area contributed by atoms with Crippen LogP contribution in [-0.2, 0) is 19.1 Å². The van der Waals surface area contributed by atoms with E-state index in [0.717, 1.165) is 54.8 Å². The van der Waals surface area contributed by atoms with E-state index < -0.39 is 23.5 Å². The molecule has 0 bridgehead atoms. The molecule has 39 heavy (non-hydrogen) atoms. The van der Waals surface area contributed by atoms with Crippen LogP contribution in [0.4, 0.5) is 0 Å². The Balaban J connectivity index is 1.39. The Morgan fingerprint density at radius 2 is 1.67 bits per heavy atom. The Labute approximate surface area is 239 Å². The van der Waals surface area contributed by atoms with Gasteiger partial charge in [-0.2, -0.15) is 0 Å². The van der Waals surface area contributed by atoms with Gasteiger partial charge in [-0.1, -0.05) is 65.5 Å². The van der Waals surface area contributed by atoms with Gasteiger partial charge in [0, 0.05) is 6.42 Å². The molecule has 1 unspecified atom stereocenters. The van der Waals surface area contributed by atoms with Crippen LogP contribution in [0.25, 0.3) is 0 Å². The van der Waals surface area contributed by atoms with E-state index in [0.29, 0.717) is 5.41 Å². The fourth-order valence-corrected chi connectivity index (χ4v) is 9.51. The minimum Gasteiger partial charge on any atom is -0.461 e. The lowest BCUT2D eigenvalue weighted by Crippen LogP contribution is -2.51. The first kappa shape index (κ1) is 30.6. The molecule has 9 atom stereocenters. The summed E-state index contributed by atoms with van der Waals surface area (Å²) in [6.45, 7) is 19.5. The minimum atomic E-state index is -0.888. The largest absolute Gasteiger partial charge is 0.461 e. The van der Waals surface area contributed by atoms with Crippen molar-refractivity contribution in [2.24, 2.45) is 52.3 Å². The first-order chi connectivity index (χ1) is 18.2. The van der Waals surface area contributed by atoms with Gasteiger partial charge < -0.3 is 9.47 Å². The molecule has 0 amide bonds. The van der Waals surface area contributed by atoms with Gasteiger partial charge in [0.1, 0.15) is 11.7 Å². The third-order valence-corrected chi connectivity index (χ3v) is 11.7. The van der Waals surface area contributed by atoms with E-state index in [4.69, 9.17) is 9.47 Å². The van der Waals surface area contributed by atoms with Crippen molar-refractivity contribution in [3.05, 3.63) is 11.6 Å². The van der Waals surface area contributed by atoms with Crippen LogP contribution in [0.1, 0.15) is 133 Å². The highest BCUT2D eigenvalue weighted by molar-refractivity contribution is 5.94. The summed E-state index contributed by atoms with van der Waals surface area (Å²) in [5.74, 6) is 3.12. The van der Waals surface area contributed by atoms with Gasteiger partial charge in [0.05, 0.1) is 0 Å². The maximum atomic E-state index is 12.8. The summed E-state index contributed by atoms with van der Waals surface area (Å²) in [6, 6.07) is 0. The van der Waals surface area contributed by atoms with Gasteiger partial charge in [-0.3, -0.25) is 9.59 Å². The Morgan fingerprint density at radius 3 is 2.33 bits per heavy atom. The van der Waals surface area contributed by atoms with Gasteiger partial charge in [0.25, 0.3) is 0 Å². The van der Waals surface area contributed by atoms with Crippen LogP contribution >= 0.6 is 0 Å². The molecule has 4 rings (SSSR count). The number of carbonyl (C=O) groups is 2. The zero-order chi connectivity index (χ0) is 28.8. The molecule has 0 spiro atoms. The van der Waals surface area contributed by atoms with E-state index >= 15 is 0 Å². The van der Waals surface area contributed by atoms with Crippen LogP contribution in [0, 0.1) is 52.3 Å². The number of rotatable bonds is 8. The van der Waals surface area contributed by atoms with Gasteiger partial charge in [-0.15, -0.1) is 0 Å². The maximum Gasteiger partial charge on any atom is 0.320 e.